The molecule has 0 saturated carbocycles. The summed E-state index contributed by atoms with van der Waals surface area (Å²) in [5, 5.41) is 6.73. The van der Waals surface area contributed by atoms with Gasteiger partial charge in [-0.25, -0.2) is 0 Å². The molecule has 3 aromatic rings. The number of aryl methyl sites for hydroxylation is 2. The van der Waals surface area contributed by atoms with Crippen LogP contribution in [-0.4, -0.2) is 29.4 Å². The highest BCUT2D eigenvalue weighted by atomic mass is 16.2. The van der Waals surface area contributed by atoms with Gasteiger partial charge in [-0.15, -0.1) is 0 Å². The summed E-state index contributed by atoms with van der Waals surface area (Å²) in [4.78, 5) is 27.5. The number of amides is 2. The molecule has 0 radical (unpaired) electrons. The standard InChI is InChI=1S/C22H23N3O2/c1-14-6-8-15(9-7-14)21-17(16-4-2-3-5-18(16)25-21)10-11-20(26)24-19-12-13-23-22(19)27/h2-9,19,25H,10-13H2,1H3,(H,23,27)(H,24,26). The minimum absolute atomic E-state index is 0.0859. The number of benzene rings is 2. The number of rotatable bonds is 5. The molecule has 0 aliphatic carbocycles. The lowest BCUT2D eigenvalue weighted by atomic mass is 10.00. The molecule has 2 heterocycles. The minimum atomic E-state index is -0.392. The molecule has 5 heteroatoms. The van der Waals surface area contributed by atoms with Gasteiger partial charge in [-0.05, 0) is 37.0 Å². The van der Waals surface area contributed by atoms with E-state index in [-0.39, 0.29) is 11.8 Å². The minimum Gasteiger partial charge on any atom is -0.354 e. The van der Waals surface area contributed by atoms with Gasteiger partial charge >= 0.3 is 0 Å². The Morgan fingerprint density at radius 3 is 2.67 bits per heavy atom. The van der Waals surface area contributed by atoms with Crippen LogP contribution >= 0.6 is 0 Å². The molecule has 0 bridgehead atoms. The maximum atomic E-state index is 12.4. The molecule has 1 aliphatic rings. The fourth-order valence-corrected chi connectivity index (χ4v) is 3.66. The van der Waals surface area contributed by atoms with Crippen LogP contribution in [0.15, 0.2) is 48.5 Å². The monoisotopic (exact) mass is 361 g/mol. The zero-order chi connectivity index (χ0) is 18.8. The van der Waals surface area contributed by atoms with Crippen molar-refractivity contribution in [2.45, 2.75) is 32.2 Å². The zero-order valence-electron chi connectivity index (χ0n) is 15.3. The Bertz CT molecular complexity index is 988. The number of hydrogen-bond donors (Lipinski definition) is 3. The van der Waals surface area contributed by atoms with E-state index in [1.165, 1.54) is 5.56 Å². The zero-order valence-corrected chi connectivity index (χ0v) is 15.3. The first-order chi connectivity index (χ1) is 13.1. The summed E-state index contributed by atoms with van der Waals surface area (Å²) < 4.78 is 0. The Morgan fingerprint density at radius 1 is 1.15 bits per heavy atom. The largest absolute Gasteiger partial charge is 0.354 e. The molecule has 5 nitrogen and oxygen atoms in total. The molecule has 2 amide bonds. The summed E-state index contributed by atoms with van der Waals surface area (Å²) in [5.74, 6) is -0.173. The Hall–Kier alpha value is -3.08. The second-order valence-electron chi connectivity index (χ2n) is 7.09. The van der Waals surface area contributed by atoms with Crippen LogP contribution in [0.25, 0.3) is 22.2 Å². The van der Waals surface area contributed by atoms with E-state index in [2.05, 4.69) is 58.9 Å². The van der Waals surface area contributed by atoms with Crippen LogP contribution in [0.4, 0.5) is 0 Å². The third kappa shape index (κ3) is 3.58. The summed E-state index contributed by atoms with van der Waals surface area (Å²) in [6.45, 7) is 2.70. The smallest absolute Gasteiger partial charge is 0.242 e. The average molecular weight is 361 g/mol. The number of carbonyl (C=O) groups excluding carboxylic acids is 2. The highest BCUT2D eigenvalue weighted by Crippen LogP contribution is 2.31. The van der Waals surface area contributed by atoms with Crippen LogP contribution in [0.1, 0.15) is 24.0 Å². The summed E-state index contributed by atoms with van der Waals surface area (Å²) in [5.41, 5.74) is 5.59. The van der Waals surface area contributed by atoms with Crippen LogP contribution in [0.3, 0.4) is 0 Å². The van der Waals surface area contributed by atoms with Crippen LogP contribution in [0, 0.1) is 6.92 Å². The van der Waals surface area contributed by atoms with Crippen molar-refractivity contribution in [1.82, 2.24) is 15.6 Å². The third-order valence-corrected chi connectivity index (χ3v) is 5.14. The van der Waals surface area contributed by atoms with Crippen LogP contribution < -0.4 is 10.6 Å². The van der Waals surface area contributed by atoms with Gasteiger partial charge in [0.1, 0.15) is 6.04 Å². The number of aromatic nitrogens is 1. The Balaban J connectivity index is 1.58. The van der Waals surface area contributed by atoms with E-state index in [1.807, 2.05) is 12.1 Å². The molecule has 1 aromatic heterocycles. The highest BCUT2D eigenvalue weighted by molar-refractivity contribution is 5.92. The molecular formula is C22H23N3O2. The second kappa shape index (κ2) is 7.27. The molecule has 1 atom stereocenters. The lowest BCUT2D eigenvalue weighted by Gasteiger charge is -2.10. The number of aromatic amines is 1. The molecule has 2 aromatic carbocycles. The average Bonchev–Trinajstić information content (AvgIpc) is 3.24. The summed E-state index contributed by atoms with van der Waals surface area (Å²) in [6, 6.07) is 16.2. The topological polar surface area (TPSA) is 74.0 Å². The first-order valence-corrected chi connectivity index (χ1v) is 9.35. The molecular weight excluding hydrogens is 338 g/mol. The van der Waals surface area contributed by atoms with Crippen molar-refractivity contribution in [1.29, 1.82) is 0 Å². The van der Waals surface area contributed by atoms with E-state index >= 15 is 0 Å². The Morgan fingerprint density at radius 2 is 1.93 bits per heavy atom. The van der Waals surface area contributed by atoms with Gasteiger partial charge in [0.15, 0.2) is 0 Å². The maximum absolute atomic E-state index is 12.4. The SMILES string of the molecule is Cc1ccc(-c2[nH]c3ccccc3c2CCC(=O)NC2CCNC2=O)cc1. The van der Waals surface area contributed by atoms with E-state index in [0.29, 0.717) is 25.8 Å². The number of fused-ring (bicyclic) bond motifs is 1. The fourth-order valence-electron chi connectivity index (χ4n) is 3.66. The molecule has 27 heavy (non-hydrogen) atoms. The van der Waals surface area contributed by atoms with Crippen molar-refractivity contribution < 1.29 is 9.59 Å². The summed E-state index contributed by atoms with van der Waals surface area (Å²) >= 11 is 0. The molecule has 1 saturated heterocycles. The molecule has 4 rings (SSSR count). The van der Waals surface area contributed by atoms with Crippen LogP contribution in [-0.2, 0) is 16.0 Å². The number of H-pyrrole nitrogens is 1. The van der Waals surface area contributed by atoms with Crippen molar-refractivity contribution in [2.24, 2.45) is 0 Å². The van der Waals surface area contributed by atoms with Gasteiger partial charge < -0.3 is 15.6 Å². The fraction of sp³-hybridized carbons (Fsp3) is 0.273. The van der Waals surface area contributed by atoms with Crippen LogP contribution in [0.5, 0.6) is 0 Å². The van der Waals surface area contributed by atoms with Gasteiger partial charge in [0.2, 0.25) is 11.8 Å². The first kappa shape index (κ1) is 17.3. The van der Waals surface area contributed by atoms with Crippen molar-refractivity contribution in [3.63, 3.8) is 0 Å². The molecule has 3 N–H and O–H groups in total. The van der Waals surface area contributed by atoms with Gasteiger partial charge in [-0.2, -0.15) is 0 Å². The number of nitrogens with one attached hydrogen (secondary N) is 3. The second-order valence-corrected chi connectivity index (χ2v) is 7.09. The highest BCUT2D eigenvalue weighted by Gasteiger charge is 2.25. The lowest BCUT2D eigenvalue weighted by molar-refractivity contribution is -0.127. The normalized spacial score (nSPS) is 16.5. The maximum Gasteiger partial charge on any atom is 0.242 e. The van der Waals surface area contributed by atoms with Gasteiger partial charge in [0, 0.05) is 29.6 Å². The van der Waals surface area contributed by atoms with Gasteiger partial charge in [0.05, 0.1) is 0 Å². The first-order valence-electron chi connectivity index (χ1n) is 9.35. The summed E-state index contributed by atoms with van der Waals surface area (Å²) in [6.07, 6.45) is 1.63. The quantitative estimate of drug-likeness (QED) is 0.653. The van der Waals surface area contributed by atoms with Gasteiger partial charge in [0.25, 0.3) is 0 Å². The third-order valence-electron chi connectivity index (χ3n) is 5.14. The number of carbonyl (C=O) groups is 2. The Labute approximate surface area is 158 Å². The van der Waals surface area contributed by atoms with Crippen molar-refractivity contribution >= 4 is 22.7 Å². The van der Waals surface area contributed by atoms with E-state index in [0.717, 1.165) is 27.7 Å². The van der Waals surface area contributed by atoms with E-state index < -0.39 is 6.04 Å². The van der Waals surface area contributed by atoms with Crippen molar-refractivity contribution in [3.8, 4) is 11.3 Å². The van der Waals surface area contributed by atoms with Crippen molar-refractivity contribution in [3.05, 3.63) is 59.7 Å². The lowest BCUT2D eigenvalue weighted by Crippen LogP contribution is -2.40. The molecule has 0 spiro atoms. The van der Waals surface area contributed by atoms with E-state index in [4.69, 9.17) is 0 Å². The molecule has 1 unspecified atom stereocenters. The Kier molecular flexibility index (Phi) is 4.67. The molecule has 1 aliphatic heterocycles. The van der Waals surface area contributed by atoms with Gasteiger partial charge in [-0.1, -0.05) is 48.0 Å². The summed E-state index contributed by atoms with van der Waals surface area (Å²) in [7, 11) is 0. The van der Waals surface area contributed by atoms with E-state index in [1.54, 1.807) is 0 Å². The van der Waals surface area contributed by atoms with Crippen molar-refractivity contribution in [2.75, 3.05) is 6.54 Å². The molecule has 1 fully saturated rings. The number of hydrogen-bond acceptors (Lipinski definition) is 2. The van der Waals surface area contributed by atoms with Gasteiger partial charge in [-0.3, -0.25) is 9.59 Å². The van der Waals surface area contributed by atoms with Crippen LogP contribution in [0.2, 0.25) is 0 Å². The number of para-hydroxylation sites is 1. The van der Waals surface area contributed by atoms with E-state index in [9.17, 15) is 9.59 Å². The predicted molar refractivity (Wildman–Crippen MR) is 106 cm³/mol. The molecule has 138 valence electrons. The predicted octanol–water partition coefficient (Wildman–Crippen LogP) is 3.08.